The van der Waals surface area contributed by atoms with Crippen LogP contribution in [0, 0.1) is 26.7 Å². The fourth-order valence-corrected chi connectivity index (χ4v) is 2.89. The minimum atomic E-state index is -0.221. The normalized spacial score (nSPS) is 12.6. The predicted octanol–water partition coefficient (Wildman–Crippen LogP) is 3.56. The molecule has 0 radical (unpaired) electrons. The summed E-state index contributed by atoms with van der Waals surface area (Å²) in [5.41, 5.74) is 10.3. The first-order valence-corrected chi connectivity index (χ1v) is 8.72. The molecule has 3 aromatic rings. The highest BCUT2D eigenvalue weighted by molar-refractivity contribution is 5.58. The van der Waals surface area contributed by atoms with E-state index >= 15 is 0 Å². The van der Waals surface area contributed by atoms with Crippen LogP contribution in [0.3, 0.4) is 0 Å². The molecule has 3 heterocycles. The first kappa shape index (κ1) is 18.1. The highest BCUT2D eigenvalue weighted by Gasteiger charge is 2.17. The highest BCUT2D eigenvalue weighted by atomic mass is 16.5. The van der Waals surface area contributed by atoms with Crippen LogP contribution in [-0.4, -0.2) is 25.1 Å². The number of rotatable bonds is 5. The summed E-state index contributed by atoms with van der Waals surface area (Å²) < 4.78 is 5.44. The Balaban J connectivity index is 1.95. The van der Waals surface area contributed by atoms with Crippen molar-refractivity contribution in [1.29, 1.82) is 0 Å². The fraction of sp³-hybridized carbons (Fsp3) is 0.421. The number of aryl methyl sites for hydroxylation is 3. The molecule has 0 aliphatic rings. The van der Waals surface area contributed by atoms with E-state index in [-0.39, 0.29) is 6.04 Å². The van der Waals surface area contributed by atoms with Crippen molar-refractivity contribution in [2.45, 2.75) is 47.1 Å². The lowest BCUT2D eigenvalue weighted by atomic mass is 10.0. The number of nitrogens with zero attached hydrogens (tertiary/aromatic N) is 5. The quantitative estimate of drug-likeness (QED) is 0.748. The molecule has 7 nitrogen and oxygen atoms in total. The average molecular weight is 352 g/mol. The summed E-state index contributed by atoms with van der Waals surface area (Å²) in [5.74, 6) is 1.93. The van der Waals surface area contributed by atoms with Crippen LogP contribution in [-0.2, 0) is 0 Å². The number of pyridine rings is 1. The third-order valence-corrected chi connectivity index (χ3v) is 3.91. The third-order valence-electron chi connectivity index (χ3n) is 3.91. The Hall–Kier alpha value is -2.67. The highest BCUT2D eigenvalue weighted by Crippen LogP contribution is 2.24. The first-order chi connectivity index (χ1) is 12.3. The molecule has 0 saturated heterocycles. The summed E-state index contributed by atoms with van der Waals surface area (Å²) in [6, 6.07) is 5.46. The summed E-state index contributed by atoms with van der Waals surface area (Å²) >= 11 is 0. The number of hydrogen-bond donors (Lipinski definition) is 1. The SMILES string of the molecule is Cc1cc(-c2noc(-c3cc(C)nc(C(N)CC(C)C)n3)n2)cc(C)n1. The molecule has 3 aromatic heterocycles. The number of hydrogen-bond acceptors (Lipinski definition) is 7. The molecule has 0 amide bonds. The van der Waals surface area contributed by atoms with E-state index < -0.39 is 0 Å². The maximum absolute atomic E-state index is 6.24. The van der Waals surface area contributed by atoms with Gasteiger partial charge in [-0.05, 0) is 51.3 Å². The predicted molar refractivity (Wildman–Crippen MR) is 99.1 cm³/mol. The molecule has 3 rings (SSSR count). The summed E-state index contributed by atoms with van der Waals surface area (Å²) in [5, 5.41) is 4.09. The lowest BCUT2D eigenvalue weighted by Crippen LogP contribution is -2.17. The van der Waals surface area contributed by atoms with E-state index in [1.165, 1.54) is 0 Å². The Labute approximate surface area is 153 Å². The van der Waals surface area contributed by atoms with Gasteiger partial charge in [0.1, 0.15) is 11.5 Å². The van der Waals surface area contributed by atoms with Crippen molar-refractivity contribution in [3.8, 4) is 23.0 Å². The van der Waals surface area contributed by atoms with Crippen LogP contribution in [0.5, 0.6) is 0 Å². The van der Waals surface area contributed by atoms with Gasteiger partial charge >= 0.3 is 0 Å². The zero-order valence-corrected chi connectivity index (χ0v) is 15.8. The number of nitrogens with two attached hydrogens (primary N) is 1. The van der Waals surface area contributed by atoms with Gasteiger partial charge in [-0.15, -0.1) is 0 Å². The Kier molecular flexibility index (Phi) is 5.08. The molecular formula is C19H24N6O. The Morgan fingerprint density at radius 1 is 0.923 bits per heavy atom. The van der Waals surface area contributed by atoms with Crippen molar-refractivity contribution in [3.05, 3.63) is 41.1 Å². The van der Waals surface area contributed by atoms with Crippen LogP contribution < -0.4 is 5.73 Å². The molecule has 7 heteroatoms. The van der Waals surface area contributed by atoms with Gasteiger partial charge in [-0.25, -0.2) is 9.97 Å². The first-order valence-electron chi connectivity index (χ1n) is 8.72. The lowest BCUT2D eigenvalue weighted by molar-refractivity contribution is 0.430. The van der Waals surface area contributed by atoms with E-state index in [1.807, 2.05) is 39.0 Å². The van der Waals surface area contributed by atoms with Gasteiger partial charge in [-0.1, -0.05) is 19.0 Å². The smallest absolute Gasteiger partial charge is 0.276 e. The standard InChI is InChI=1S/C19H24N6O/c1-10(2)6-15(20)18-22-13(5)9-16(23-18)19-24-17(25-26-19)14-7-11(3)21-12(4)8-14/h7-10,15H,6,20H2,1-5H3. The third kappa shape index (κ3) is 4.11. The molecule has 0 fully saturated rings. The molecule has 0 bridgehead atoms. The molecule has 2 N–H and O–H groups in total. The number of aromatic nitrogens is 5. The largest absolute Gasteiger partial charge is 0.332 e. The second-order valence-corrected chi connectivity index (χ2v) is 7.05. The average Bonchev–Trinajstić information content (AvgIpc) is 3.02. The monoisotopic (exact) mass is 352 g/mol. The Morgan fingerprint density at radius 2 is 1.58 bits per heavy atom. The van der Waals surface area contributed by atoms with Crippen LogP contribution in [0.4, 0.5) is 0 Å². The molecule has 0 aliphatic carbocycles. The van der Waals surface area contributed by atoms with Crippen molar-refractivity contribution in [3.63, 3.8) is 0 Å². The van der Waals surface area contributed by atoms with E-state index in [4.69, 9.17) is 10.3 Å². The van der Waals surface area contributed by atoms with Gasteiger partial charge in [0.2, 0.25) is 5.82 Å². The van der Waals surface area contributed by atoms with Crippen molar-refractivity contribution in [2.75, 3.05) is 0 Å². The van der Waals surface area contributed by atoms with E-state index in [0.717, 1.165) is 29.1 Å². The van der Waals surface area contributed by atoms with Crippen molar-refractivity contribution in [1.82, 2.24) is 25.1 Å². The summed E-state index contributed by atoms with van der Waals surface area (Å²) in [4.78, 5) is 17.9. The van der Waals surface area contributed by atoms with Crippen LogP contribution in [0.15, 0.2) is 22.7 Å². The van der Waals surface area contributed by atoms with Gasteiger partial charge in [-0.2, -0.15) is 4.98 Å². The summed E-state index contributed by atoms with van der Waals surface area (Å²) in [6.07, 6.45) is 0.813. The molecule has 1 atom stereocenters. The second kappa shape index (κ2) is 7.29. The summed E-state index contributed by atoms with van der Waals surface area (Å²) in [7, 11) is 0. The maximum atomic E-state index is 6.24. The van der Waals surface area contributed by atoms with E-state index in [9.17, 15) is 0 Å². The fourth-order valence-electron chi connectivity index (χ4n) is 2.89. The Bertz CT molecular complexity index is 898. The van der Waals surface area contributed by atoms with E-state index in [1.54, 1.807) is 0 Å². The zero-order chi connectivity index (χ0) is 18.8. The van der Waals surface area contributed by atoms with Gasteiger partial charge in [0.25, 0.3) is 5.89 Å². The molecular weight excluding hydrogens is 328 g/mol. The van der Waals surface area contributed by atoms with E-state index in [2.05, 4.69) is 38.9 Å². The van der Waals surface area contributed by atoms with Gasteiger partial charge in [0.05, 0.1) is 6.04 Å². The molecule has 136 valence electrons. The van der Waals surface area contributed by atoms with E-state index in [0.29, 0.717) is 29.2 Å². The molecule has 0 spiro atoms. The lowest BCUT2D eigenvalue weighted by Gasteiger charge is -2.13. The van der Waals surface area contributed by atoms with Crippen LogP contribution in [0.1, 0.15) is 49.2 Å². The minimum absolute atomic E-state index is 0.221. The van der Waals surface area contributed by atoms with Crippen molar-refractivity contribution in [2.24, 2.45) is 11.7 Å². The zero-order valence-electron chi connectivity index (χ0n) is 15.8. The van der Waals surface area contributed by atoms with Crippen LogP contribution in [0.25, 0.3) is 23.0 Å². The van der Waals surface area contributed by atoms with Gasteiger partial charge in [-0.3, -0.25) is 4.98 Å². The summed E-state index contributed by atoms with van der Waals surface area (Å²) in [6.45, 7) is 10.0. The minimum Gasteiger partial charge on any atom is -0.332 e. The molecule has 1 unspecified atom stereocenters. The molecule has 26 heavy (non-hydrogen) atoms. The second-order valence-electron chi connectivity index (χ2n) is 7.05. The van der Waals surface area contributed by atoms with Crippen molar-refractivity contribution < 1.29 is 4.52 Å². The van der Waals surface area contributed by atoms with Gasteiger partial charge in [0, 0.05) is 22.6 Å². The van der Waals surface area contributed by atoms with Crippen LogP contribution in [0.2, 0.25) is 0 Å². The Morgan fingerprint density at radius 3 is 2.23 bits per heavy atom. The van der Waals surface area contributed by atoms with Gasteiger partial charge in [0.15, 0.2) is 0 Å². The van der Waals surface area contributed by atoms with Gasteiger partial charge < -0.3 is 10.3 Å². The maximum Gasteiger partial charge on any atom is 0.276 e. The molecule has 0 aliphatic heterocycles. The molecule has 0 aromatic carbocycles. The van der Waals surface area contributed by atoms with Crippen molar-refractivity contribution >= 4 is 0 Å². The molecule has 0 saturated carbocycles. The topological polar surface area (TPSA) is 104 Å². The van der Waals surface area contributed by atoms with Crippen LogP contribution >= 0.6 is 0 Å².